The highest BCUT2D eigenvalue weighted by atomic mass is 35.5. The second-order valence-electron chi connectivity index (χ2n) is 5.29. The third-order valence-electron chi connectivity index (χ3n) is 3.58. The zero-order valence-electron chi connectivity index (χ0n) is 14.2. The molecule has 1 aromatic heterocycles. The first kappa shape index (κ1) is 21.9. The fourth-order valence-corrected chi connectivity index (χ4v) is 2.76. The lowest BCUT2D eigenvalue weighted by Gasteiger charge is -2.10. The molecule has 0 N–H and O–H groups in total. The molecule has 0 bridgehead atoms. The van der Waals surface area contributed by atoms with Crippen molar-refractivity contribution in [3.8, 4) is 11.3 Å². The summed E-state index contributed by atoms with van der Waals surface area (Å²) in [6.07, 6.45) is -4.61. The van der Waals surface area contributed by atoms with Crippen molar-refractivity contribution in [3.05, 3.63) is 40.3 Å². The van der Waals surface area contributed by atoms with E-state index in [9.17, 15) is 17.6 Å². The minimum atomic E-state index is -4.25. The van der Waals surface area contributed by atoms with Crippen LogP contribution in [0.5, 0.6) is 0 Å². The van der Waals surface area contributed by atoms with Crippen molar-refractivity contribution < 1.29 is 27.2 Å². The predicted molar refractivity (Wildman–Crippen MR) is 87.1 cm³/mol. The molecule has 0 saturated carbocycles. The maximum atomic E-state index is 14.4. The molecule has 1 heterocycles. The predicted octanol–water partition coefficient (Wildman–Crippen LogP) is 4.84. The number of nitrogens with zero attached hydrogens (tertiary/aromatic N) is 2. The van der Waals surface area contributed by atoms with Crippen LogP contribution in [0.4, 0.5) is 17.6 Å². The van der Waals surface area contributed by atoms with E-state index in [0.29, 0.717) is 34.9 Å². The van der Waals surface area contributed by atoms with Gasteiger partial charge in [-0.2, -0.15) is 27.9 Å². The summed E-state index contributed by atoms with van der Waals surface area (Å²) in [6.45, 7) is 4.28. The second-order valence-corrected chi connectivity index (χ2v) is 5.67. The molecule has 0 amide bonds. The smallest absolute Gasteiger partial charge is 0.263 e. The lowest BCUT2D eigenvalue weighted by atomic mass is 10.0. The topological polar surface area (TPSA) is 52.0 Å². The Morgan fingerprint density at radius 1 is 1.23 bits per heavy atom. The highest BCUT2D eigenvalue weighted by Crippen LogP contribution is 2.33. The summed E-state index contributed by atoms with van der Waals surface area (Å²) >= 11 is 6.28. The van der Waals surface area contributed by atoms with Gasteiger partial charge in [-0.05, 0) is 37.5 Å². The van der Waals surface area contributed by atoms with Crippen LogP contribution >= 0.6 is 11.6 Å². The minimum absolute atomic E-state index is 0.248. The number of halogens is 5. The molecule has 0 fully saturated rings. The molecule has 0 aliphatic heterocycles. The van der Waals surface area contributed by atoms with Crippen LogP contribution in [-0.2, 0) is 29.0 Å². The number of hydrogen-bond donors (Lipinski definition) is 0. The molecular formula is C17H17ClF4N2O2. The molecule has 26 heavy (non-hydrogen) atoms. The zero-order valence-corrected chi connectivity index (χ0v) is 14.9. The Morgan fingerprint density at radius 3 is 2.31 bits per heavy atom. The number of carbonyl (C=O) groups excluding carboxylic acids is 2. The standard InChI is InChI=1S/C16H17ClF4N2.CO2/c1-3-13-14(17)15(23(4-2)22-13)11-6-5-10(9-12(11)18)7-8-16(19,20)21;2-1-3/h5-6,9H,3-4,7-8H2,1-2H3;. The average molecular weight is 393 g/mol. The summed E-state index contributed by atoms with van der Waals surface area (Å²) in [5, 5.41) is 4.71. The van der Waals surface area contributed by atoms with E-state index in [1.807, 2.05) is 13.8 Å². The normalized spacial score (nSPS) is 10.9. The molecule has 0 spiro atoms. The van der Waals surface area contributed by atoms with Crippen LogP contribution in [0.25, 0.3) is 11.3 Å². The maximum Gasteiger partial charge on any atom is 0.389 e. The number of aryl methyl sites for hydroxylation is 3. The van der Waals surface area contributed by atoms with Gasteiger partial charge in [-0.15, -0.1) is 0 Å². The Hall–Kier alpha value is -2.18. The van der Waals surface area contributed by atoms with Gasteiger partial charge in [0.25, 0.3) is 0 Å². The summed E-state index contributed by atoms with van der Waals surface area (Å²) in [5.74, 6) is -0.594. The van der Waals surface area contributed by atoms with Crippen molar-refractivity contribution in [1.82, 2.24) is 9.78 Å². The molecule has 0 radical (unpaired) electrons. The third-order valence-corrected chi connectivity index (χ3v) is 3.98. The number of benzene rings is 1. The summed E-state index contributed by atoms with van der Waals surface area (Å²) < 4.78 is 52.8. The molecular weight excluding hydrogens is 376 g/mol. The van der Waals surface area contributed by atoms with Gasteiger partial charge in [-0.1, -0.05) is 24.6 Å². The van der Waals surface area contributed by atoms with E-state index in [4.69, 9.17) is 21.2 Å². The molecule has 0 atom stereocenters. The van der Waals surface area contributed by atoms with E-state index in [0.717, 1.165) is 6.07 Å². The Bertz CT molecular complexity index is 782. The van der Waals surface area contributed by atoms with E-state index in [-0.39, 0.29) is 18.1 Å². The van der Waals surface area contributed by atoms with Crippen molar-refractivity contribution in [1.29, 1.82) is 0 Å². The molecule has 0 aliphatic carbocycles. The van der Waals surface area contributed by atoms with Gasteiger partial charge in [0.15, 0.2) is 0 Å². The third kappa shape index (κ3) is 5.68. The van der Waals surface area contributed by atoms with Crippen LogP contribution in [0, 0.1) is 5.82 Å². The molecule has 4 nitrogen and oxygen atoms in total. The van der Waals surface area contributed by atoms with Crippen molar-refractivity contribution >= 4 is 17.8 Å². The van der Waals surface area contributed by atoms with Crippen LogP contribution in [0.1, 0.15) is 31.5 Å². The zero-order chi connectivity index (χ0) is 19.9. The van der Waals surface area contributed by atoms with Gasteiger partial charge >= 0.3 is 12.3 Å². The van der Waals surface area contributed by atoms with Crippen LogP contribution in [0.2, 0.25) is 5.02 Å². The number of hydrogen-bond acceptors (Lipinski definition) is 3. The Balaban J connectivity index is 0.00000105. The van der Waals surface area contributed by atoms with Gasteiger partial charge in [-0.3, -0.25) is 4.68 Å². The molecule has 2 aromatic rings. The van der Waals surface area contributed by atoms with Crippen molar-refractivity contribution in [2.24, 2.45) is 0 Å². The van der Waals surface area contributed by atoms with Gasteiger partial charge in [0.05, 0.1) is 16.4 Å². The molecule has 1 aromatic carbocycles. The summed E-state index contributed by atoms with van der Waals surface area (Å²) in [4.78, 5) is 16.2. The molecule has 9 heteroatoms. The Labute approximate surface area is 152 Å². The SMILES string of the molecule is CCc1nn(CC)c(-c2ccc(CCC(F)(F)F)cc2F)c1Cl.O=C=O. The van der Waals surface area contributed by atoms with Crippen LogP contribution in [-0.4, -0.2) is 22.1 Å². The lowest BCUT2D eigenvalue weighted by molar-refractivity contribution is -0.191. The van der Waals surface area contributed by atoms with E-state index in [2.05, 4.69) is 5.10 Å². The Kier molecular flexibility index (Phi) is 7.99. The van der Waals surface area contributed by atoms with Gasteiger partial charge < -0.3 is 0 Å². The summed E-state index contributed by atoms with van der Waals surface area (Å²) in [6, 6.07) is 4.10. The fourth-order valence-electron chi connectivity index (χ4n) is 2.39. The minimum Gasteiger partial charge on any atom is -0.263 e. The first-order chi connectivity index (χ1) is 12.2. The van der Waals surface area contributed by atoms with E-state index in [1.54, 1.807) is 4.68 Å². The van der Waals surface area contributed by atoms with Crippen molar-refractivity contribution in [3.63, 3.8) is 0 Å². The van der Waals surface area contributed by atoms with Crippen LogP contribution in [0.3, 0.4) is 0 Å². The fraction of sp³-hybridized carbons (Fsp3) is 0.412. The van der Waals surface area contributed by atoms with Gasteiger partial charge in [-0.25, -0.2) is 4.39 Å². The quantitative estimate of drug-likeness (QED) is 0.684. The molecule has 2 rings (SSSR count). The molecule has 142 valence electrons. The van der Waals surface area contributed by atoms with Gasteiger partial charge in [0, 0.05) is 18.5 Å². The molecule has 0 aliphatic rings. The largest absolute Gasteiger partial charge is 0.389 e. The van der Waals surface area contributed by atoms with Gasteiger partial charge in [0.1, 0.15) is 5.82 Å². The monoisotopic (exact) mass is 392 g/mol. The molecule has 0 unspecified atom stereocenters. The first-order valence-electron chi connectivity index (χ1n) is 7.78. The number of rotatable bonds is 5. The molecule has 0 saturated heterocycles. The number of aromatic nitrogens is 2. The maximum absolute atomic E-state index is 14.4. The van der Waals surface area contributed by atoms with E-state index < -0.39 is 18.4 Å². The van der Waals surface area contributed by atoms with Crippen LogP contribution < -0.4 is 0 Å². The summed E-state index contributed by atoms with van der Waals surface area (Å²) in [5.41, 5.74) is 1.69. The van der Waals surface area contributed by atoms with Crippen molar-refractivity contribution in [2.45, 2.75) is 45.8 Å². The average Bonchev–Trinajstić information content (AvgIpc) is 2.89. The highest BCUT2D eigenvalue weighted by Gasteiger charge is 2.27. The van der Waals surface area contributed by atoms with E-state index in [1.165, 1.54) is 12.1 Å². The first-order valence-corrected chi connectivity index (χ1v) is 8.16. The van der Waals surface area contributed by atoms with Crippen LogP contribution in [0.15, 0.2) is 18.2 Å². The lowest BCUT2D eigenvalue weighted by Crippen LogP contribution is -2.08. The number of alkyl halides is 3. The second kappa shape index (κ2) is 9.50. The van der Waals surface area contributed by atoms with E-state index >= 15 is 0 Å². The Morgan fingerprint density at radius 2 is 1.85 bits per heavy atom. The summed E-state index contributed by atoms with van der Waals surface area (Å²) in [7, 11) is 0. The van der Waals surface area contributed by atoms with Gasteiger partial charge in [0.2, 0.25) is 0 Å². The van der Waals surface area contributed by atoms with Crippen molar-refractivity contribution in [2.75, 3.05) is 0 Å². The highest BCUT2D eigenvalue weighted by molar-refractivity contribution is 6.33.